The van der Waals surface area contributed by atoms with Gasteiger partial charge < -0.3 is 5.73 Å². The van der Waals surface area contributed by atoms with Gasteiger partial charge in [-0.2, -0.15) is 0 Å². The molecule has 0 spiro atoms. The van der Waals surface area contributed by atoms with E-state index in [1.54, 1.807) is 0 Å². The summed E-state index contributed by atoms with van der Waals surface area (Å²) >= 11 is 5.98. The molecule has 1 fully saturated rings. The van der Waals surface area contributed by atoms with Crippen molar-refractivity contribution in [2.24, 2.45) is 11.7 Å². The minimum absolute atomic E-state index is 0.404. The lowest BCUT2D eigenvalue weighted by atomic mass is 10.0. The topological polar surface area (TPSA) is 26.0 Å². The third-order valence-corrected chi connectivity index (χ3v) is 3.64. The Morgan fingerprint density at radius 1 is 1.47 bits per heavy atom. The number of nitrogens with two attached hydrogens (primary N) is 1. The molecular weight excluding hydrogens is 206 g/mol. The van der Waals surface area contributed by atoms with Gasteiger partial charge in [0, 0.05) is 11.1 Å². The Hall–Kier alpha value is -0.530. The highest BCUT2D eigenvalue weighted by Gasteiger charge is 2.27. The van der Waals surface area contributed by atoms with Crippen LogP contribution in [0.1, 0.15) is 30.4 Å². The SMILES string of the molecule is Cc1cc(CCC(N)C2CC2)ccc1Cl. The first-order chi connectivity index (χ1) is 7.16. The van der Waals surface area contributed by atoms with Crippen molar-refractivity contribution in [3.05, 3.63) is 34.3 Å². The fraction of sp³-hybridized carbons (Fsp3) is 0.538. The van der Waals surface area contributed by atoms with Crippen molar-refractivity contribution < 1.29 is 0 Å². The molecular formula is C13H18ClN. The maximum atomic E-state index is 6.07. The second kappa shape index (κ2) is 4.54. The molecule has 0 bridgehead atoms. The Labute approximate surface area is 96.6 Å². The first-order valence-corrected chi connectivity index (χ1v) is 6.05. The van der Waals surface area contributed by atoms with Crippen LogP contribution in [0.5, 0.6) is 0 Å². The minimum atomic E-state index is 0.404. The Morgan fingerprint density at radius 3 is 2.80 bits per heavy atom. The largest absolute Gasteiger partial charge is 0.327 e. The Morgan fingerprint density at radius 2 is 2.20 bits per heavy atom. The summed E-state index contributed by atoms with van der Waals surface area (Å²) in [7, 11) is 0. The fourth-order valence-corrected chi connectivity index (χ4v) is 2.07. The van der Waals surface area contributed by atoms with E-state index in [0.717, 1.165) is 29.3 Å². The van der Waals surface area contributed by atoms with E-state index < -0.39 is 0 Å². The highest BCUT2D eigenvalue weighted by Crippen LogP contribution is 2.33. The van der Waals surface area contributed by atoms with Gasteiger partial charge in [-0.25, -0.2) is 0 Å². The van der Waals surface area contributed by atoms with Crippen molar-refractivity contribution in [2.75, 3.05) is 0 Å². The van der Waals surface area contributed by atoms with Crippen LogP contribution in [0, 0.1) is 12.8 Å². The summed E-state index contributed by atoms with van der Waals surface area (Å²) in [6.07, 6.45) is 4.85. The van der Waals surface area contributed by atoms with Crippen molar-refractivity contribution in [1.82, 2.24) is 0 Å². The van der Waals surface area contributed by atoms with Gasteiger partial charge >= 0.3 is 0 Å². The number of hydrogen-bond acceptors (Lipinski definition) is 1. The molecule has 1 aromatic rings. The molecule has 0 radical (unpaired) electrons. The lowest BCUT2D eigenvalue weighted by molar-refractivity contribution is 0.550. The van der Waals surface area contributed by atoms with E-state index >= 15 is 0 Å². The molecule has 2 N–H and O–H groups in total. The molecule has 1 atom stereocenters. The van der Waals surface area contributed by atoms with E-state index in [9.17, 15) is 0 Å². The maximum absolute atomic E-state index is 6.07. The summed E-state index contributed by atoms with van der Waals surface area (Å²) in [5, 5.41) is 0.852. The average Bonchev–Trinajstić information content (AvgIpc) is 3.03. The molecule has 1 nitrogen and oxygen atoms in total. The van der Waals surface area contributed by atoms with Crippen LogP contribution in [0.15, 0.2) is 18.2 Å². The quantitative estimate of drug-likeness (QED) is 0.833. The van der Waals surface area contributed by atoms with Gasteiger partial charge in [0.15, 0.2) is 0 Å². The van der Waals surface area contributed by atoms with E-state index in [1.165, 1.54) is 18.4 Å². The van der Waals surface area contributed by atoms with E-state index in [4.69, 9.17) is 17.3 Å². The lowest BCUT2D eigenvalue weighted by Crippen LogP contribution is -2.22. The molecule has 1 aliphatic carbocycles. The molecule has 0 aromatic heterocycles. The molecule has 1 aliphatic rings. The van der Waals surface area contributed by atoms with Crippen LogP contribution in [0.2, 0.25) is 5.02 Å². The zero-order valence-corrected chi connectivity index (χ0v) is 9.93. The van der Waals surface area contributed by atoms with E-state index in [2.05, 4.69) is 12.1 Å². The summed E-state index contributed by atoms with van der Waals surface area (Å²) in [6, 6.07) is 6.66. The van der Waals surface area contributed by atoms with Gasteiger partial charge in [-0.1, -0.05) is 23.7 Å². The van der Waals surface area contributed by atoms with Gasteiger partial charge in [0.25, 0.3) is 0 Å². The molecule has 2 rings (SSSR count). The standard InChI is InChI=1S/C13H18ClN/c1-9-8-10(2-6-12(9)14)3-7-13(15)11-4-5-11/h2,6,8,11,13H,3-5,7,15H2,1H3. The second-order valence-electron chi connectivity index (χ2n) is 4.62. The van der Waals surface area contributed by atoms with Crippen molar-refractivity contribution >= 4 is 11.6 Å². The van der Waals surface area contributed by atoms with E-state index in [1.807, 2.05) is 13.0 Å². The number of hydrogen-bond donors (Lipinski definition) is 1. The maximum Gasteiger partial charge on any atom is 0.0435 e. The highest BCUT2D eigenvalue weighted by molar-refractivity contribution is 6.31. The summed E-state index contributed by atoms with van der Waals surface area (Å²) in [6.45, 7) is 2.05. The predicted molar refractivity (Wildman–Crippen MR) is 65.2 cm³/mol. The minimum Gasteiger partial charge on any atom is -0.327 e. The summed E-state index contributed by atoms with van der Waals surface area (Å²) in [5.41, 5.74) is 8.58. The molecule has 0 heterocycles. The van der Waals surface area contributed by atoms with Crippen molar-refractivity contribution in [1.29, 1.82) is 0 Å². The number of aryl methyl sites for hydroxylation is 2. The summed E-state index contributed by atoms with van der Waals surface area (Å²) < 4.78 is 0. The molecule has 0 aliphatic heterocycles. The summed E-state index contributed by atoms with van der Waals surface area (Å²) in [5.74, 6) is 0.804. The molecule has 0 saturated heterocycles. The van der Waals surface area contributed by atoms with Gasteiger partial charge in [-0.15, -0.1) is 0 Å². The first-order valence-electron chi connectivity index (χ1n) is 5.67. The first kappa shape index (κ1) is 11.0. The number of rotatable bonds is 4. The molecule has 1 unspecified atom stereocenters. The molecule has 2 heteroatoms. The van der Waals surface area contributed by atoms with Gasteiger partial charge in [0.1, 0.15) is 0 Å². The lowest BCUT2D eigenvalue weighted by Gasteiger charge is -2.10. The van der Waals surface area contributed by atoms with E-state index in [0.29, 0.717) is 6.04 Å². The van der Waals surface area contributed by atoms with Crippen LogP contribution in [0.25, 0.3) is 0 Å². The second-order valence-corrected chi connectivity index (χ2v) is 5.03. The number of halogens is 1. The smallest absolute Gasteiger partial charge is 0.0435 e. The van der Waals surface area contributed by atoms with Crippen LogP contribution in [-0.2, 0) is 6.42 Å². The zero-order chi connectivity index (χ0) is 10.8. The van der Waals surface area contributed by atoms with Crippen LogP contribution >= 0.6 is 11.6 Å². The van der Waals surface area contributed by atoms with Crippen molar-refractivity contribution in [3.63, 3.8) is 0 Å². The average molecular weight is 224 g/mol. The van der Waals surface area contributed by atoms with Gasteiger partial charge in [0.2, 0.25) is 0 Å². The van der Waals surface area contributed by atoms with Crippen LogP contribution in [0.3, 0.4) is 0 Å². The van der Waals surface area contributed by atoms with Gasteiger partial charge in [-0.3, -0.25) is 0 Å². The van der Waals surface area contributed by atoms with Crippen LogP contribution in [0.4, 0.5) is 0 Å². The zero-order valence-electron chi connectivity index (χ0n) is 9.17. The van der Waals surface area contributed by atoms with Gasteiger partial charge in [-0.05, 0) is 55.7 Å². The summed E-state index contributed by atoms with van der Waals surface area (Å²) in [4.78, 5) is 0. The normalized spacial score (nSPS) is 17.8. The van der Waals surface area contributed by atoms with Crippen molar-refractivity contribution in [3.8, 4) is 0 Å². The fourth-order valence-electron chi connectivity index (χ4n) is 1.96. The van der Waals surface area contributed by atoms with Crippen molar-refractivity contribution in [2.45, 2.75) is 38.6 Å². The van der Waals surface area contributed by atoms with Crippen LogP contribution < -0.4 is 5.73 Å². The molecule has 1 aromatic carbocycles. The Bertz CT molecular complexity index is 344. The molecule has 0 amide bonds. The monoisotopic (exact) mass is 223 g/mol. The predicted octanol–water partition coefficient (Wildman–Crippen LogP) is 3.32. The van der Waals surface area contributed by atoms with Crippen LogP contribution in [-0.4, -0.2) is 6.04 Å². The highest BCUT2D eigenvalue weighted by atomic mass is 35.5. The third kappa shape index (κ3) is 2.96. The van der Waals surface area contributed by atoms with E-state index in [-0.39, 0.29) is 0 Å². The molecule has 82 valence electrons. The molecule has 1 saturated carbocycles. The number of benzene rings is 1. The Balaban J connectivity index is 1.89. The third-order valence-electron chi connectivity index (χ3n) is 3.22. The molecule has 15 heavy (non-hydrogen) atoms. The van der Waals surface area contributed by atoms with Gasteiger partial charge in [0.05, 0.1) is 0 Å². The Kier molecular flexibility index (Phi) is 3.32.